The van der Waals surface area contributed by atoms with Gasteiger partial charge in [0.05, 0.1) is 0 Å². The lowest BCUT2D eigenvalue weighted by Gasteiger charge is -2.32. The molecule has 0 spiro atoms. The SMILES string of the molecule is CCNC(C1=CCCC1)C1CCOCC1. The third-order valence-electron chi connectivity index (χ3n) is 3.64. The molecule has 1 fully saturated rings. The lowest BCUT2D eigenvalue weighted by Crippen LogP contribution is -2.40. The number of rotatable bonds is 4. The molecule has 0 amide bonds. The van der Waals surface area contributed by atoms with E-state index in [-0.39, 0.29) is 0 Å². The second-order valence-electron chi connectivity index (χ2n) is 4.66. The first kappa shape index (κ1) is 11.2. The Hall–Kier alpha value is -0.340. The largest absolute Gasteiger partial charge is 0.381 e. The van der Waals surface area contributed by atoms with Gasteiger partial charge in [-0.15, -0.1) is 0 Å². The second kappa shape index (κ2) is 5.66. The molecule has 0 aromatic heterocycles. The Morgan fingerprint density at radius 2 is 2.27 bits per heavy atom. The maximum atomic E-state index is 5.44. The number of likely N-dealkylation sites (N-methyl/N-ethyl adjacent to an activating group) is 1. The van der Waals surface area contributed by atoms with Crippen molar-refractivity contribution in [3.63, 3.8) is 0 Å². The molecule has 1 atom stereocenters. The summed E-state index contributed by atoms with van der Waals surface area (Å²) in [4.78, 5) is 0. The van der Waals surface area contributed by atoms with Crippen LogP contribution in [0.2, 0.25) is 0 Å². The maximum absolute atomic E-state index is 5.44. The van der Waals surface area contributed by atoms with Crippen molar-refractivity contribution in [2.75, 3.05) is 19.8 Å². The van der Waals surface area contributed by atoms with E-state index in [1.807, 2.05) is 0 Å². The minimum absolute atomic E-state index is 0.640. The van der Waals surface area contributed by atoms with E-state index < -0.39 is 0 Å². The van der Waals surface area contributed by atoms with Crippen molar-refractivity contribution in [1.82, 2.24) is 5.32 Å². The Balaban J connectivity index is 1.97. The summed E-state index contributed by atoms with van der Waals surface area (Å²) < 4.78 is 5.44. The van der Waals surface area contributed by atoms with Gasteiger partial charge < -0.3 is 10.1 Å². The van der Waals surface area contributed by atoms with Crippen LogP contribution in [-0.4, -0.2) is 25.8 Å². The van der Waals surface area contributed by atoms with Gasteiger partial charge in [0.2, 0.25) is 0 Å². The number of hydrogen-bond acceptors (Lipinski definition) is 2. The highest BCUT2D eigenvalue weighted by Gasteiger charge is 2.26. The van der Waals surface area contributed by atoms with Gasteiger partial charge in [-0.1, -0.05) is 18.6 Å². The quantitative estimate of drug-likeness (QED) is 0.718. The molecule has 1 unspecified atom stereocenters. The van der Waals surface area contributed by atoms with E-state index in [1.165, 1.54) is 32.1 Å². The number of nitrogens with one attached hydrogen (secondary N) is 1. The van der Waals surface area contributed by atoms with Crippen LogP contribution in [0, 0.1) is 5.92 Å². The molecular formula is C13H23NO. The molecule has 1 N–H and O–H groups in total. The summed E-state index contributed by atoms with van der Waals surface area (Å²) >= 11 is 0. The van der Waals surface area contributed by atoms with Gasteiger partial charge in [0.25, 0.3) is 0 Å². The van der Waals surface area contributed by atoms with Crippen LogP contribution in [-0.2, 0) is 4.74 Å². The van der Waals surface area contributed by atoms with Gasteiger partial charge in [-0.2, -0.15) is 0 Å². The summed E-state index contributed by atoms with van der Waals surface area (Å²) in [6.07, 6.45) is 8.89. The van der Waals surface area contributed by atoms with E-state index in [1.54, 1.807) is 5.57 Å². The average Bonchev–Trinajstić information content (AvgIpc) is 2.80. The van der Waals surface area contributed by atoms with Crippen LogP contribution in [0.3, 0.4) is 0 Å². The Kier molecular flexibility index (Phi) is 4.21. The number of ether oxygens (including phenoxy) is 1. The lowest BCUT2D eigenvalue weighted by molar-refractivity contribution is 0.0579. The summed E-state index contributed by atoms with van der Waals surface area (Å²) in [6.45, 7) is 5.21. The van der Waals surface area contributed by atoms with Crippen molar-refractivity contribution in [2.45, 2.75) is 45.1 Å². The lowest BCUT2D eigenvalue weighted by atomic mass is 9.86. The summed E-state index contributed by atoms with van der Waals surface area (Å²) in [7, 11) is 0. The van der Waals surface area contributed by atoms with Crippen LogP contribution < -0.4 is 5.32 Å². The summed E-state index contributed by atoms with van der Waals surface area (Å²) in [5, 5.41) is 3.67. The molecule has 2 heteroatoms. The van der Waals surface area contributed by atoms with Gasteiger partial charge in [-0.05, 0) is 44.6 Å². The van der Waals surface area contributed by atoms with E-state index in [2.05, 4.69) is 18.3 Å². The van der Waals surface area contributed by atoms with Crippen molar-refractivity contribution in [3.8, 4) is 0 Å². The fourth-order valence-electron chi connectivity index (χ4n) is 2.85. The minimum Gasteiger partial charge on any atom is -0.381 e. The zero-order valence-electron chi connectivity index (χ0n) is 9.80. The Morgan fingerprint density at radius 1 is 1.47 bits per heavy atom. The van der Waals surface area contributed by atoms with E-state index in [0.29, 0.717) is 6.04 Å². The first-order valence-electron chi connectivity index (χ1n) is 6.42. The molecule has 1 aliphatic carbocycles. The third-order valence-corrected chi connectivity index (χ3v) is 3.64. The highest BCUT2D eigenvalue weighted by atomic mass is 16.5. The molecule has 0 radical (unpaired) electrons. The van der Waals surface area contributed by atoms with Crippen LogP contribution in [0.5, 0.6) is 0 Å². The number of hydrogen-bond donors (Lipinski definition) is 1. The van der Waals surface area contributed by atoms with Crippen molar-refractivity contribution in [1.29, 1.82) is 0 Å². The second-order valence-corrected chi connectivity index (χ2v) is 4.66. The molecular weight excluding hydrogens is 186 g/mol. The minimum atomic E-state index is 0.640. The fraction of sp³-hybridized carbons (Fsp3) is 0.846. The zero-order chi connectivity index (χ0) is 10.5. The Morgan fingerprint density at radius 3 is 2.87 bits per heavy atom. The molecule has 0 bridgehead atoms. The molecule has 2 nitrogen and oxygen atoms in total. The van der Waals surface area contributed by atoms with Crippen molar-refractivity contribution in [3.05, 3.63) is 11.6 Å². The zero-order valence-corrected chi connectivity index (χ0v) is 9.80. The molecule has 1 aliphatic heterocycles. The normalized spacial score (nSPS) is 25.3. The van der Waals surface area contributed by atoms with Gasteiger partial charge in [-0.25, -0.2) is 0 Å². The first-order valence-corrected chi connectivity index (χ1v) is 6.42. The van der Waals surface area contributed by atoms with E-state index >= 15 is 0 Å². The maximum Gasteiger partial charge on any atom is 0.0469 e. The summed E-state index contributed by atoms with van der Waals surface area (Å²) in [5.41, 5.74) is 1.67. The highest BCUT2D eigenvalue weighted by Crippen LogP contribution is 2.29. The monoisotopic (exact) mass is 209 g/mol. The molecule has 2 rings (SSSR count). The Labute approximate surface area is 93.1 Å². The van der Waals surface area contributed by atoms with Gasteiger partial charge in [0.15, 0.2) is 0 Å². The Bertz CT molecular complexity index is 219. The molecule has 0 aromatic rings. The summed E-state index contributed by atoms with van der Waals surface area (Å²) in [6, 6.07) is 0.640. The van der Waals surface area contributed by atoms with Crippen molar-refractivity contribution in [2.24, 2.45) is 5.92 Å². The highest BCUT2D eigenvalue weighted by molar-refractivity contribution is 5.16. The molecule has 1 saturated heterocycles. The fourth-order valence-corrected chi connectivity index (χ4v) is 2.85. The molecule has 0 aromatic carbocycles. The smallest absolute Gasteiger partial charge is 0.0469 e. The van der Waals surface area contributed by atoms with Crippen LogP contribution in [0.15, 0.2) is 11.6 Å². The van der Waals surface area contributed by atoms with E-state index in [9.17, 15) is 0 Å². The van der Waals surface area contributed by atoms with Crippen molar-refractivity contribution < 1.29 is 4.74 Å². The topological polar surface area (TPSA) is 21.3 Å². The van der Waals surface area contributed by atoms with E-state index in [4.69, 9.17) is 4.74 Å². The van der Waals surface area contributed by atoms with Gasteiger partial charge in [-0.3, -0.25) is 0 Å². The molecule has 0 saturated carbocycles. The van der Waals surface area contributed by atoms with Crippen LogP contribution in [0.4, 0.5) is 0 Å². The van der Waals surface area contributed by atoms with Gasteiger partial charge in [0, 0.05) is 19.3 Å². The number of allylic oxidation sites excluding steroid dienone is 1. The van der Waals surface area contributed by atoms with Gasteiger partial charge in [0.1, 0.15) is 0 Å². The molecule has 1 heterocycles. The predicted octanol–water partition coefficient (Wildman–Crippen LogP) is 2.50. The standard InChI is InChI=1S/C13H23NO/c1-2-14-13(11-5-3-4-6-11)12-7-9-15-10-8-12/h5,12-14H,2-4,6-10H2,1H3. The molecule has 86 valence electrons. The third kappa shape index (κ3) is 2.82. The summed E-state index contributed by atoms with van der Waals surface area (Å²) in [5.74, 6) is 0.808. The van der Waals surface area contributed by atoms with Crippen LogP contribution in [0.25, 0.3) is 0 Å². The molecule has 15 heavy (non-hydrogen) atoms. The van der Waals surface area contributed by atoms with Crippen LogP contribution >= 0.6 is 0 Å². The molecule has 2 aliphatic rings. The van der Waals surface area contributed by atoms with Crippen LogP contribution in [0.1, 0.15) is 39.0 Å². The predicted molar refractivity (Wildman–Crippen MR) is 62.9 cm³/mol. The first-order chi connectivity index (χ1) is 7.42. The van der Waals surface area contributed by atoms with Crippen molar-refractivity contribution >= 4 is 0 Å². The van der Waals surface area contributed by atoms with Gasteiger partial charge >= 0.3 is 0 Å². The van der Waals surface area contributed by atoms with E-state index in [0.717, 1.165) is 25.7 Å². The average molecular weight is 209 g/mol.